The number of aromatic amines is 1. The Morgan fingerprint density at radius 2 is 1.91 bits per heavy atom. The first-order valence-electron chi connectivity index (χ1n) is 10.9. The van der Waals surface area contributed by atoms with E-state index in [0.717, 1.165) is 39.0 Å². The number of nitrogens with one attached hydrogen (secondary N) is 1. The number of hydrogen-bond donors (Lipinski definition) is 2. The van der Waals surface area contributed by atoms with Crippen LogP contribution in [0, 0.1) is 0 Å². The maximum Gasteiger partial charge on any atom is 0.254 e. The normalized spacial score (nSPS) is 19.6. The summed E-state index contributed by atoms with van der Waals surface area (Å²) in [5, 5.41) is 0.488. The second-order valence-electron chi connectivity index (χ2n) is 8.55. The molecule has 4 aromatic rings. The topological polar surface area (TPSA) is 95.5 Å². The van der Waals surface area contributed by atoms with Crippen LogP contribution in [0.15, 0.2) is 60.9 Å². The fourth-order valence-corrected chi connectivity index (χ4v) is 6.41. The van der Waals surface area contributed by atoms with Crippen molar-refractivity contribution in [3.05, 3.63) is 77.6 Å². The van der Waals surface area contributed by atoms with Crippen LogP contribution in [-0.2, 0) is 17.5 Å². The molecule has 0 fully saturated rings. The molecule has 2 N–H and O–H groups in total. The number of carbonyl (C=O) groups excluding carboxylic acids is 1. The first-order chi connectivity index (χ1) is 16.0. The van der Waals surface area contributed by atoms with Crippen molar-refractivity contribution in [1.82, 2.24) is 14.9 Å². The molecule has 7 nitrogen and oxygen atoms in total. The molecule has 1 unspecified atom stereocenters. The Labute approximate surface area is 190 Å². The molecule has 2 aliphatic rings. The molecule has 0 radical (unpaired) electrons. The quantitative estimate of drug-likeness (QED) is 0.446. The van der Waals surface area contributed by atoms with E-state index in [0.29, 0.717) is 37.0 Å². The summed E-state index contributed by atoms with van der Waals surface area (Å²) < 4.78 is 18.2. The summed E-state index contributed by atoms with van der Waals surface area (Å²) in [7, 11) is -3.26. The molecule has 1 amide bonds. The smallest absolute Gasteiger partial charge is 0.254 e. The standard InChI is InChI=1S/C25H22N3O4P/c29-25(19-3-6-24-18(12-19)7-10-33(24,30)31)28-8-9-32-23-5-2-16(11-20(23)14-28)17-1-4-21-22(13-17)27-15-26-21/h1-6,11-13,15H,7-10,14H2,(H,26,27)(H,30,31). The molecule has 1 atom stereocenters. The van der Waals surface area contributed by atoms with Crippen LogP contribution in [0.5, 0.6) is 5.75 Å². The van der Waals surface area contributed by atoms with Crippen LogP contribution in [0.4, 0.5) is 0 Å². The molecule has 6 rings (SSSR count). The molecule has 0 spiro atoms. The number of imidazole rings is 1. The minimum absolute atomic E-state index is 0.0989. The lowest BCUT2D eigenvalue weighted by atomic mass is 10.0. The summed E-state index contributed by atoms with van der Waals surface area (Å²) >= 11 is 0. The van der Waals surface area contributed by atoms with Gasteiger partial charge in [-0.3, -0.25) is 9.36 Å². The van der Waals surface area contributed by atoms with Crippen LogP contribution < -0.4 is 10.0 Å². The van der Waals surface area contributed by atoms with Gasteiger partial charge >= 0.3 is 0 Å². The van der Waals surface area contributed by atoms with Gasteiger partial charge in [-0.1, -0.05) is 12.1 Å². The zero-order valence-corrected chi connectivity index (χ0v) is 18.7. The third-order valence-corrected chi connectivity index (χ3v) is 8.49. The predicted molar refractivity (Wildman–Crippen MR) is 126 cm³/mol. The molecule has 166 valence electrons. The SMILES string of the molecule is O=C(c1ccc2c(c1)CCP2(=O)O)N1CCOc2ccc(-c3ccc4nc[nH]c4c3)cc2C1. The lowest BCUT2D eigenvalue weighted by molar-refractivity contribution is 0.0733. The number of fused-ring (bicyclic) bond motifs is 3. The Morgan fingerprint density at radius 3 is 2.82 bits per heavy atom. The predicted octanol–water partition coefficient (Wildman–Crippen LogP) is 3.72. The van der Waals surface area contributed by atoms with Crippen LogP contribution in [0.25, 0.3) is 22.2 Å². The zero-order valence-electron chi connectivity index (χ0n) is 17.8. The van der Waals surface area contributed by atoms with Crippen LogP contribution in [0.3, 0.4) is 0 Å². The van der Waals surface area contributed by atoms with E-state index in [-0.39, 0.29) is 12.1 Å². The van der Waals surface area contributed by atoms with Gasteiger partial charge in [0.15, 0.2) is 0 Å². The maximum absolute atomic E-state index is 13.3. The minimum Gasteiger partial charge on any atom is -0.491 e. The number of aromatic nitrogens is 2. The Balaban J connectivity index is 1.30. The van der Waals surface area contributed by atoms with E-state index in [2.05, 4.69) is 22.1 Å². The highest BCUT2D eigenvalue weighted by Crippen LogP contribution is 2.46. The summed E-state index contributed by atoms with van der Waals surface area (Å²) in [5.41, 5.74) is 6.28. The third kappa shape index (κ3) is 3.54. The van der Waals surface area contributed by atoms with Gasteiger partial charge < -0.3 is 19.5 Å². The fourth-order valence-electron chi connectivity index (χ4n) is 4.70. The number of rotatable bonds is 2. The number of aryl methyl sites for hydroxylation is 1. The second kappa shape index (κ2) is 7.58. The highest BCUT2D eigenvalue weighted by atomic mass is 31.2. The van der Waals surface area contributed by atoms with E-state index >= 15 is 0 Å². The molecular weight excluding hydrogens is 437 g/mol. The van der Waals surface area contributed by atoms with Gasteiger partial charge in [-0.2, -0.15) is 0 Å². The summed E-state index contributed by atoms with van der Waals surface area (Å²) in [4.78, 5) is 32.6. The van der Waals surface area contributed by atoms with Crippen LogP contribution in [0.1, 0.15) is 21.5 Å². The molecule has 3 heterocycles. The van der Waals surface area contributed by atoms with E-state index in [9.17, 15) is 14.3 Å². The van der Waals surface area contributed by atoms with Gasteiger partial charge in [0, 0.05) is 29.1 Å². The number of nitrogens with zero attached hydrogens (tertiary/aromatic N) is 2. The van der Waals surface area contributed by atoms with Gasteiger partial charge in [-0.25, -0.2) is 4.98 Å². The summed E-state index contributed by atoms with van der Waals surface area (Å²) in [5.74, 6) is 0.685. The van der Waals surface area contributed by atoms with Crippen LogP contribution >= 0.6 is 7.37 Å². The van der Waals surface area contributed by atoms with Crippen molar-refractivity contribution in [1.29, 1.82) is 0 Å². The molecule has 1 aromatic heterocycles. The molecular formula is C25H22N3O4P. The summed E-state index contributed by atoms with van der Waals surface area (Å²) in [6.45, 7) is 1.32. The van der Waals surface area contributed by atoms with Gasteiger partial charge in [0.05, 0.1) is 23.9 Å². The lowest BCUT2D eigenvalue weighted by Crippen LogP contribution is -2.32. The van der Waals surface area contributed by atoms with E-state index in [1.807, 2.05) is 24.3 Å². The molecule has 33 heavy (non-hydrogen) atoms. The second-order valence-corrected chi connectivity index (χ2v) is 10.9. The number of ether oxygens (including phenoxy) is 1. The monoisotopic (exact) mass is 459 g/mol. The van der Waals surface area contributed by atoms with Gasteiger partial charge in [-0.05, 0) is 65.6 Å². The average molecular weight is 459 g/mol. The number of benzene rings is 3. The fraction of sp³-hybridized carbons (Fsp3) is 0.200. The van der Waals surface area contributed by atoms with E-state index < -0.39 is 7.37 Å². The van der Waals surface area contributed by atoms with Gasteiger partial charge in [0.25, 0.3) is 5.91 Å². The third-order valence-electron chi connectivity index (χ3n) is 6.47. The molecule has 0 bridgehead atoms. The Hall–Kier alpha value is -3.41. The van der Waals surface area contributed by atoms with Crippen LogP contribution in [0.2, 0.25) is 0 Å². The van der Waals surface area contributed by atoms with Crippen molar-refractivity contribution in [3.8, 4) is 16.9 Å². The molecule has 0 aliphatic carbocycles. The Kier molecular flexibility index (Phi) is 4.64. The first-order valence-corrected chi connectivity index (χ1v) is 12.8. The van der Waals surface area contributed by atoms with Crippen LogP contribution in [-0.4, -0.2) is 45.0 Å². The average Bonchev–Trinajstić information content (AvgIpc) is 3.34. The van der Waals surface area contributed by atoms with Crippen molar-refractivity contribution in [2.45, 2.75) is 13.0 Å². The number of carbonyl (C=O) groups is 1. The highest BCUT2D eigenvalue weighted by Gasteiger charge is 2.32. The van der Waals surface area contributed by atoms with Gasteiger partial charge in [-0.15, -0.1) is 0 Å². The van der Waals surface area contributed by atoms with Crippen molar-refractivity contribution in [2.75, 3.05) is 19.3 Å². The molecule has 0 saturated carbocycles. The van der Waals surface area contributed by atoms with Crippen molar-refractivity contribution in [2.24, 2.45) is 0 Å². The summed E-state index contributed by atoms with van der Waals surface area (Å²) in [6, 6.07) is 17.2. The van der Waals surface area contributed by atoms with Crippen molar-refractivity contribution >= 4 is 29.6 Å². The van der Waals surface area contributed by atoms with E-state index in [4.69, 9.17) is 4.74 Å². The highest BCUT2D eigenvalue weighted by molar-refractivity contribution is 7.66. The molecule has 2 aliphatic heterocycles. The zero-order chi connectivity index (χ0) is 22.6. The molecule has 3 aromatic carbocycles. The van der Waals surface area contributed by atoms with Gasteiger partial charge in [0.2, 0.25) is 7.37 Å². The van der Waals surface area contributed by atoms with Crippen molar-refractivity contribution in [3.63, 3.8) is 0 Å². The number of amides is 1. The number of H-pyrrole nitrogens is 1. The van der Waals surface area contributed by atoms with E-state index in [1.54, 1.807) is 29.4 Å². The lowest BCUT2D eigenvalue weighted by Gasteiger charge is -2.20. The molecule has 0 saturated heterocycles. The Morgan fingerprint density at radius 1 is 1.06 bits per heavy atom. The van der Waals surface area contributed by atoms with Gasteiger partial charge in [0.1, 0.15) is 12.4 Å². The first kappa shape index (κ1) is 20.2. The minimum atomic E-state index is -3.26. The molecule has 8 heteroatoms. The van der Waals surface area contributed by atoms with E-state index in [1.165, 1.54) is 0 Å². The maximum atomic E-state index is 13.3. The number of hydrogen-bond acceptors (Lipinski definition) is 4. The largest absolute Gasteiger partial charge is 0.491 e. The summed E-state index contributed by atoms with van der Waals surface area (Å²) in [6.07, 6.45) is 2.46. The van der Waals surface area contributed by atoms with Crippen molar-refractivity contribution < 1.29 is 19.0 Å². The Bertz CT molecular complexity index is 1460.